The van der Waals surface area contributed by atoms with Gasteiger partial charge in [0.25, 0.3) is 11.5 Å². The number of carbonyl (C=O) groups is 2. The van der Waals surface area contributed by atoms with Crippen LogP contribution >= 0.6 is 0 Å². The SMILES string of the molecule is O=C(NC[C@H](O)C(=O)O)c1cc(O)[nH]c(=O)c1. The molecule has 0 bridgehead atoms. The second-order valence-corrected chi connectivity index (χ2v) is 3.18. The van der Waals surface area contributed by atoms with Crippen LogP contribution in [0.2, 0.25) is 0 Å². The number of aliphatic hydroxyl groups excluding tert-OH is 1. The third-order valence-corrected chi connectivity index (χ3v) is 1.83. The Labute approximate surface area is 94.5 Å². The molecule has 0 radical (unpaired) electrons. The number of rotatable bonds is 4. The standard InChI is InChI=1S/C9H10N2O6/c12-5(9(16)17)3-10-8(15)4-1-6(13)11-7(14)2-4/h1-2,5,12H,3H2,(H,10,15)(H,16,17)(H2,11,13,14)/t5-/m0/s1. The van der Waals surface area contributed by atoms with Crippen LogP contribution in [0.3, 0.4) is 0 Å². The van der Waals surface area contributed by atoms with Crippen LogP contribution in [0.1, 0.15) is 10.4 Å². The van der Waals surface area contributed by atoms with Gasteiger partial charge in [-0.25, -0.2) is 4.79 Å². The van der Waals surface area contributed by atoms with Crippen molar-refractivity contribution in [2.75, 3.05) is 6.54 Å². The molecule has 1 atom stereocenters. The zero-order valence-corrected chi connectivity index (χ0v) is 8.51. The van der Waals surface area contributed by atoms with E-state index in [-0.39, 0.29) is 5.56 Å². The minimum absolute atomic E-state index is 0.135. The Kier molecular flexibility index (Phi) is 3.83. The second kappa shape index (κ2) is 5.12. The molecule has 0 fully saturated rings. The van der Waals surface area contributed by atoms with Crippen LogP contribution < -0.4 is 10.9 Å². The summed E-state index contributed by atoms with van der Waals surface area (Å²) in [5.41, 5.74) is -0.808. The summed E-state index contributed by atoms with van der Waals surface area (Å²) in [6.07, 6.45) is -1.73. The molecule has 0 saturated carbocycles. The molecular formula is C9H10N2O6. The van der Waals surface area contributed by atoms with E-state index >= 15 is 0 Å². The maximum Gasteiger partial charge on any atom is 0.334 e. The third kappa shape index (κ3) is 3.61. The van der Waals surface area contributed by atoms with Crippen LogP contribution in [0, 0.1) is 0 Å². The number of hydrogen-bond donors (Lipinski definition) is 5. The lowest BCUT2D eigenvalue weighted by Gasteiger charge is -2.07. The normalized spacial score (nSPS) is 11.8. The maximum atomic E-state index is 11.4. The van der Waals surface area contributed by atoms with Gasteiger partial charge in [0, 0.05) is 12.1 Å². The number of aromatic nitrogens is 1. The average molecular weight is 242 g/mol. The van der Waals surface area contributed by atoms with Gasteiger partial charge in [0.05, 0.1) is 12.1 Å². The fourth-order valence-corrected chi connectivity index (χ4v) is 1.04. The highest BCUT2D eigenvalue weighted by atomic mass is 16.4. The Morgan fingerprint density at radius 3 is 2.59 bits per heavy atom. The molecule has 1 amide bonds. The number of H-pyrrole nitrogens is 1. The number of aliphatic hydroxyl groups is 1. The monoisotopic (exact) mass is 242 g/mol. The Bertz CT molecular complexity index is 495. The fourth-order valence-electron chi connectivity index (χ4n) is 1.04. The van der Waals surface area contributed by atoms with Crippen molar-refractivity contribution in [2.24, 2.45) is 0 Å². The molecule has 0 aliphatic heterocycles. The van der Waals surface area contributed by atoms with E-state index in [2.05, 4.69) is 5.32 Å². The van der Waals surface area contributed by atoms with Gasteiger partial charge in [0.2, 0.25) is 0 Å². The number of aromatic amines is 1. The molecule has 1 rings (SSSR count). The zero-order valence-electron chi connectivity index (χ0n) is 8.51. The van der Waals surface area contributed by atoms with Crippen molar-refractivity contribution in [3.05, 3.63) is 28.0 Å². The summed E-state index contributed by atoms with van der Waals surface area (Å²) in [7, 11) is 0. The number of hydrogen-bond acceptors (Lipinski definition) is 5. The molecule has 8 heteroatoms. The largest absolute Gasteiger partial charge is 0.494 e. The van der Waals surface area contributed by atoms with Gasteiger partial charge in [-0.3, -0.25) is 14.6 Å². The summed E-state index contributed by atoms with van der Waals surface area (Å²) in [5.74, 6) is -2.73. The molecule has 0 aliphatic carbocycles. The van der Waals surface area contributed by atoms with Gasteiger partial charge >= 0.3 is 5.97 Å². The number of aromatic hydroxyl groups is 1. The summed E-state index contributed by atoms with van der Waals surface area (Å²) in [4.78, 5) is 34.6. The van der Waals surface area contributed by atoms with E-state index in [1.807, 2.05) is 4.98 Å². The molecule has 92 valence electrons. The molecular weight excluding hydrogens is 232 g/mol. The lowest BCUT2D eigenvalue weighted by atomic mass is 10.2. The van der Waals surface area contributed by atoms with Gasteiger partial charge in [0.15, 0.2) is 12.0 Å². The summed E-state index contributed by atoms with van der Waals surface area (Å²) in [6.45, 7) is -0.498. The predicted molar refractivity (Wildman–Crippen MR) is 54.7 cm³/mol. The minimum atomic E-state index is -1.73. The molecule has 17 heavy (non-hydrogen) atoms. The second-order valence-electron chi connectivity index (χ2n) is 3.18. The van der Waals surface area contributed by atoms with Gasteiger partial charge in [0.1, 0.15) is 0 Å². The number of pyridine rings is 1. The van der Waals surface area contributed by atoms with Gasteiger partial charge < -0.3 is 20.6 Å². The number of carboxylic acid groups (broad SMARTS) is 1. The van der Waals surface area contributed by atoms with Gasteiger partial charge in [-0.05, 0) is 0 Å². The molecule has 0 saturated heterocycles. The molecule has 5 N–H and O–H groups in total. The Morgan fingerprint density at radius 1 is 1.41 bits per heavy atom. The van der Waals surface area contributed by atoms with E-state index in [1.165, 1.54) is 0 Å². The van der Waals surface area contributed by atoms with Crippen LogP contribution in [0.25, 0.3) is 0 Å². The summed E-state index contributed by atoms with van der Waals surface area (Å²) in [5, 5.41) is 28.4. The Morgan fingerprint density at radius 2 is 2.06 bits per heavy atom. The van der Waals surface area contributed by atoms with Crippen molar-refractivity contribution in [1.82, 2.24) is 10.3 Å². The average Bonchev–Trinajstić information content (AvgIpc) is 2.23. The smallest absolute Gasteiger partial charge is 0.334 e. The van der Waals surface area contributed by atoms with E-state index in [4.69, 9.17) is 15.3 Å². The van der Waals surface area contributed by atoms with Gasteiger partial charge in [-0.2, -0.15) is 0 Å². The van der Waals surface area contributed by atoms with E-state index in [1.54, 1.807) is 0 Å². The number of carbonyl (C=O) groups excluding carboxylic acids is 1. The molecule has 1 aromatic heterocycles. The highest BCUT2D eigenvalue weighted by Gasteiger charge is 2.15. The van der Waals surface area contributed by atoms with Crippen LogP contribution in [-0.4, -0.2) is 44.8 Å². The summed E-state index contributed by atoms with van der Waals surface area (Å²) < 4.78 is 0. The topological polar surface area (TPSA) is 140 Å². The maximum absolute atomic E-state index is 11.4. The molecule has 0 aliphatic rings. The molecule has 1 aromatic rings. The highest BCUT2D eigenvalue weighted by molar-refractivity contribution is 5.94. The van der Waals surface area contributed by atoms with Gasteiger partial charge in [-0.1, -0.05) is 0 Å². The summed E-state index contributed by atoms with van der Waals surface area (Å²) >= 11 is 0. The Hall–Kier alpha value is -2.35. The number of aliphatic carboxylic acids is 1. The lowest BCUT2D eigenvalue weighted by Crippen LogP contribution is -2.36. The molecule has 0 spiro atoms. The van der Waals surface area contributed by atoms with Crippen molar-refractivity contribution in [1.29, 1.82) is 0 Å². The van der Waals surface area contributed by atoms with E-state index in [9.17, 15) is 14.4 Å². The van der Waals surface area contributed by atoms with Crippen molar-refractivity contribution in [2.45, 2.75) is 6.10 Å². The van der Waals surface area contributed by atoms with Crippen molar-refractivity contribution in [3.8, 4) is 5.88 Å². The van der Waals surface area contributed by atoms with Crippen molar-refractivity contribution >= 4 is 11.9 Å². The summed E-state index contributed by atoms with van der Waals surface area (Å²) in [6, 6.07) is 1.94. The van der Waals surface area contributed by atoms with Crippen LogP contribution in [0.15, 0.2) is 16.9 Å². The quantitative estimate of drug-likeness (QED) is 0.424. The van der Waals surface area contributed by atoms with Crippen molar-refractivity contribution < 1.29 is 24.9 Å². The van der Waals surface area contributed by atoms with Gasteiger partial charge in [-0.15, -0.1) is 0 Å². The van der Waals surface area contributed by atoms with Crippen molar-refractivity contribution in [3.63, 3.8) is 0 Å². The van der Waals surface area contributed by atoms with Crippen LogP contribution in [0.5, 0.6) is 5.88 Å². The third-order valence-electron chi connectivity index (χ3n) is 1.83. The predicted octanol–water partition coefficient (Wildman–Crippen LogP) is -1.74. The van der Waals surface area contributed by atoms with E-state index in [0.717, 1.165) is 12.1 Å². The molecule has 8 nitrogen and oxygen atoms in total. The van der Waals surface area contributed by atoms with E-state index < -0.39 is 36.0 Å². The van der Waals surface area contributed by atoms with E-state index in [0.29, 0.717) is 0 Å². The first kappa shape index (κ1) is 12.7. The minimum Gasteiger partial charge on any atom is -0.494 e. The Balaban J connectivity index is 2.70. The number of amides is 1. The lowest BCUT2D eigenvalue weighted by molar-refractivity contribution is -0.146. The molecule has 0 aromatic carbocycles. The number of carboxylic acids is 1. The molecule has 0 unspecified atom stereocenters. The first-order valence-corrected chi connectivity index (χ1v) is 4.52. The van der Waals surface area contributed by atoms with Crippen LogP contribution in [-0.2, 0) is 4.79 Å². The number of nitrogens with one attached hydrogen (secondary N) is 2. The molecule has 1 heterocycles. The zero-order chi connectivity index (χ0) is 13.0. The first-order valence-electron chi connectivity index (χ1n) is 4.52. The van der Waals surface area contributed by atoms with Crippen LogP contribution in [0.4, 0.5) is 0 Å². The first-order chi connectivity index (χ1) is 7.90. The highest BCUT2D eigenvalue weighted by Crippen LogP contribution is 2.03. The fraction of sp³-hybridized carbons (Fsp3) is 0.222.